The van der Waals surface area contributed by atoms with Gasteiger partial charge < -0.3 is 20.1 Å². The molecular weight excluding hydrogens is 364 g/mol. The number of nitrogens with one attached hydrogen (secondary N) is 2. The minimum Gasteiger partial charge on any atom is -0.497 e. The van der Waals surface area contributed by atoms with Crippen LogP contribution in [0.4, 0.5) is 0 Å². The molecule has 0 aromatic heterocycles. The molecule has 4 rings (SSSR count). The Labute approximate surface area is 175 Å². The molecule has 3 fully saturated rings. The van der Waals surface area contributed by atoms with E-state index in [9.17, 15) is 0 Å². The van der Waals surface area contributed by atoms with Gasteiger partial charge in [0.25, 0.3) is 0 Å². The molecule has 160 valence electrons. The van der Waals surface area contributed by atoms with E-state index in [0.29, 0.717) is 24.2 Å². The highest BCUT2D eigenvalue weighted by atomic mass is 16.5. The number of fused-ring (bicyclic) bond motifs is 2. The van der Waals surface area contributed by atoms with Crippen LogP contribution < -0.4 is 15.4 Å². The molecule has 0 saturated carbocycles. The third-order valence-electron chi connectivity index (χ3n) is 6.55. The van der Waals surface area contributed by atoms with Crippen molar-refractivity contribution in [3.05, 3.63) is 29.8 Å². The molecule has 6 nitrogen and oxygen atoms in total. The second-order valence-corrected chi connectivity index (χ2v) is 8.65. The molecule has 6 heteroatoms. The van der Waals surface area contributed by atoms with E-state index in [-0.39, 0.29) is 0 Å². The summed E-state index contributed by atoms with van der Waals surface area (Å²) in [4.78, 5) is 7.47. The van der Waals surface area contributed by atoms with Crippen LogP contribution in [0.3, 0.4) is 0 Å². The van der Waals surface area contributed by atoms with Crippen molar-refractivity contribution < 1.29 is 9.47 Å². The molecule has 1 aromatic rings. The summed E-state index contributed by atoms with van der Waals surface area (Å²) in [6.45, 7) is 7.26. The Morgan fingerprint density at radius 2 is 1.97 bits per heavy atom. The Morgan fingerprint density at radius 3 is 2.59 bits per heavy atom. The third-order valence-corrected chi connectivity index (χ3v) is 6.55. The molecule has 3 aliphatic rings. The average Bonchev–Trinajstić information content (AvgIpc) is 3.37. The van der Waals surface area contributed by atoms with Crippen molar-refractivity contribution in [1.29, 1.82) is 0 Å². The Morgan fingerprint density at radius 1 is 1.17 bits per heavy atom. The number of nitrogens with zero attached hydrogens (tertiary/aromatic N) is 2. The first kappa shape index (κ1) is 20.5. The molecule has 3 aliphatic heterocycles. The summed E-state index contributed by atoms with van der Waals surface area (Å²) in [5.41, 5.74) is 1.36. The SMILES string of the molecule is CCNC(=NCC1CCN(Cc2ccc(OC)cc2)CC1)NC1CC2CCC1O2. The maximum absolute atomic E-state index is 5.97. The molecule has 2 bridgehead atoms. The predicted molar refractivity (Wildman–Crippen MR) is 116 cm³/mol. The summed E-state index contributed by atoms with van der Waals surface area (Å²) in [7, 11) is 1.71. The highest BCUT2D eigenvalue weighted by Crippen LogP contribution is 2.34. The lowest BCUT2D eigenvalue weighted by atomic mass is 9.95. The van der Waals surface area contributed by atoms with Gasteiger partial charge in [0.15, 0.2) is 5.96 Å². The van der Waals surface area contributed by atoms with E-state index in [1.807, 2.05) is 12.1 Å². The first-order chi connectivity index (χ1) is 14.2. The zero-order chi connectivity index (χ0) is 20.1. The van der Waals surface area contributed by atoms with Crippen LogP contribution in [0.5, 0.6) is 5.75 Å². The molecule has 0 aliphatic carbocycles. The van der Waals surface area contributed by atoms with Crippen LogP contribution in [0.15, 0.2) is 29.3 Å². The molecule has 1 aromatic carbocycles. The number of benzene rings is 1. The number of ether oxygens (including phenoxy) is 2. The fraction of sp³-hybridized carbons (Fsp3) is 0.696. The summed E-state index contributed by atoms with van der Waals surface area (Å²) in [5.74, 6) is 2.57. The van der Waals surface area contributed by atoms with E-state index in [0.717, 1.165) is 50.9 Å². The number of hydrogen-bond acceptors (Lipinski definition) is 4. The molecule has 0 amide bonds. The Bertz CT molecular complexity index is 670. The van der Waals surface area contributed by atoms with E-state index in [2.05, 4.69) is 34.6 Å². The number of methoxy groups -OCH3 is 1. The molecule has 3 atom stereocenters. The summed E-state index contributed by atoms with van der Waals surface area (Å²) in [5, 5.41) is 7.05. The van der Waals surface area contributed by atoms with Crippen molar-refractivity contribution in [3.63, 3.8) is 0 Å². The maximum atomic E-state index is 5.97. The monoisotopic (exact) mass is 400 g/mol. The van der Waals surface area contributed by atoms with Crippen molar-refractivity contribution in [1.82, 2.24) is 15.5 Å². The van der Waals surface area contributed by atoms with E-state index in [1.165, 1.54) is 31.2 Å². The number of likely N-dealkylation sites (tertiary alicyclic amines) is 1. The van der Waals surface area contributed by atoms with Crippen molar-refractivity contribution in [2.75, 3.05) is 33.3 Å². The van der Waals surface area contributed by atoms with Gasteiger partial charge in [-0.25, -0.2) is 0 Å². The molecule has 0 spiro atoms. The highest BCUT2D eigenvalue weighted by Gasteiger charge is 2.41. The molecule has 3 saturated heterocycles. The zero-order valence-electron chi connectivity index (χ0n) is 17.9. The van der Waals surface area contributed by atoms with E-state index < -0.39 is 0 Å². The number of aliphatic imine (C=N–C) groups is 1. The van der Waals surface area contributed by atoms with Crippen LogP contribution in [0.2, 0.25) is 0 Å². The van der Waals surface area contributed by atoms with Gasteiger partial charge in [0, 0.05) is 19.6 Å². The zero-order valence-corrected chi connectivity index (χ0v) is 17.9. The molecular formula is C23H36N4O2. The van der Waals surface area contributed by atoms with Crippen molar-refractivity contribution in [2.45, 2.75) is 63.8 Å². The molecule has 2 N–H and O–H groups in total. The lowest BCUT2D eigenvalue weighted by Crippen LogP contribution is -2.47. The first-order valence-electron chi connectivity index (χ1n) is 11.3. The Kier molecular flexibility index (Phi) is 6.93. The lowest BCUT2D eigenvalue weighted by Gasteiger charge is -2.31. The van der Waals surface area contributed by atoms with Crippen LogP contribution >= 0.6 is 0 Å². The van der Waals surface area contributed by atoms with Gasteiger partial charge in [-0.1, -0.05) is 12.1 Å². The minimum absolute atomic E-state index is 0.380. The average molecular weight is 401 g/mol. The van der Waals surface area contributed by atoms with Crippen molar-refractivity contribution >= 4 is 5.96 Å². The minimum atomic E-state index is 0.380. The summed E-state index contributed by atoms with van der Waals surface area (Å²) < 4.78 is 11.2. The predicted octanol–water partition coefficient (Wildman–Crippen LogP) is 2.78. The smallest absolute Gasteiger partial charge is 0.191 e. The van der Waals surface area contributed by atoms with Crippen LogP contribution in [0, 0.1) is 5.92 Å². The Hall–Kier alpha value is -1.79. The third kappa shape index (κ3) is 5.43. The summed E-state index contributed by atoms with van der Waals surface area (Å²) in [6.07, 6.45) is 6.83. The normalized spacial score (nSPS) is 27.9. The highest BCUT2D eigenvalue weighted by molar-refractivity contribution is 5.80. The fourth-order valence-electron chi connectivity index (χ4n) is 4.82. The standard InChI is InChI=1S/C23H36N4O2/c1-3-24-23(26-21-14-20-8-9-22(21)29-20)25-15-17-10-12-27(13-11-17)16-18-4-6-19(28-2)7-5-18/h4-7,17,20-22H,3,8-16H2,1-2H3,(H2,24,25,26). The number of piperidine rings is 1. The van der Waals surface area contributed by atoms with Crippen LogP contribution in [-0.4, -0.2) is 62.4 Å². The van der Waals surface area contributed by atoms with Crippen LogP contribution in [0.25, 0.3) is 0 Å². The Balaban J connectivity index is 1.22. The van der Waals surface area contributed by atoms with E-state index in [1.54, 1.807) is 7.11 Å². The van der Waals surface area contributed by atoms with E-state index >= 15 is 0 Å². The topological polar surface area (TPSA) is 58.1 Å². The van der Waals surface area contributed by atoms with Crippen LogP contribution in [-0.2, 0) is 11.3 Å². The summed E-state index contributed by atoms with van der Waals surface area (Å²) in [6, 6.07) is 8.87. The molecule has 3 unspecified atom stereocenters. The van der Waals surface area contributed by atoms with Gasteiger partial charge in [0.2, 0.25) is 0 Å². The van der Waals surface area contributed by atoms with Crippen molar-refractivity contribution in [2.24, 2.45) is 10.9 Å². The molecule has 29 heavy (non-hydrogen) atoms. The fourth-order valence-corrected chi connectivity index (χ4v) is 4.82. The maximum Gasteiger partial charge on any atom is 0.191 e. The van der Waals surface area contributed by atoms with Gasteiger partial charge in [-0.3, -0.25) is 9.89 Å². The van der Waals surface area contributed by atoms with E-state index in [4.69, 9.17) is 14.5 Å². The van der Waals surface area contributed by atoms with Gasteiger partial charge in [-0.05, 0) is 75.7 Å². The quantitative estimate of drug-likeness (QED) is 0.544. The second-order valence-electron chi connectivity index (χ2n) is 8.65. The van der Waals surface area contributed by atoms with Gasteiger partial charge in [0.1, 0.15) is 5.75 Å². The lowest BCUT2D eigenvalue weighted by molar-refractivity contribution is 0.0992. The molecule has 3 heterocycles. The van der Waals surface area contributed by atoms with Crippen molar-refractivity contribution in [3.8, 4) is 5.75 Å². The number of hydrogen-bond donors (Lipinski definition) is 2. The number of guanidine groups is 1. The first-order valence-corrected chi connectivity index (χ1v) is 11.3. The van der Waals surface area contributed by atoms with Gasteiger partial charge in [-0.15, -0.1) is 0 Å². The summed E-state index contributed by atoms with van der Waals surface area (Å²) >= 11 is 0. The van der Waals surface area contributed by atoms with Gasteiger partial charge >= 0.3 is 0 Å². The van der Waals surface area contributed by atoms with Crippen LogP contribution in [0.1, 0.15) is 44.6 Å². The molecule has 0 radical (unpaired) electrons. The largest absolute Gasteiger partial charge is 0.497 e. The van der Waals surface area contributed by atoms with Gasteiger partial charge in [-0.2, -0.15) is 0 Å². The number of rotatable bonds is 7. The van der Waals surface area contributed by atoms with Gasteiger partial charge in [0.05, 0.1) is 25.4 Å². The second kappa shape index (κ2) is 9.81.